The van der Waals surface area contributed by atoms with Gasteiger partial charge in [-0.1, -0.05) is 13.3 Å². The second-order valence-corrected chi connectivity index (χ2v) is 6.03. The molecule has 2 rings (SSSR count). The summed E-state index contributed by atoms with van der Waals surface area (Å²) >= 11 is 0. The fraction of sp³-hybridized carbons (Fsp3) is 0.750. The zero-order valence-electron chi connectivity index (χ0n) is 13.4. The van der Waals surface area contributed by atoms with E-state index in [4.69, 9.17) is 4.74 Å². The van der Waals surface area contributed by atoms with Crippen LogP contribution in [0, 0.1) is 12.8 Å². The molecule has 0 radical (unpaired) electrons. The lowest BCUT2D eigenvalue weighted by atomic mass is 9.78. The summed E-state index contributed by atoms with van der Waals surface area (Å²) in [6.07, 6.45) is 5.12. The van der Waals surface area contributed by atoms with Crippen molar-refractivity contribution in [3.63, 3.8) is 0 Å². The summed E-state index contributed by atoms with van der Waals surface area (Å²) in [5, 5.41) is 13.8. The van der Waals surface area contributed by atoms with E-state index in [9.17, 15) is 5.11 Å². The zero-order valence-corrected chi connectivity index (χ0v) is 13.4. The molecule has 0 amide bonds. The van der Waals surface area contributed by atoms with Gasteiger partial charge in [0.1, 0.15) is 0 Å². The van der Waals surface area contributed by atoms with Crippen LogP contribution in [0.2, 0.25) is 0 Å². The number of aryl methyl sites for hydroxylation is 1. The van der Waals surface area contributed by atoms with Crippen LogP contribution in [-0.2, 0) is 0 Å². The highest BCUT2D eigenvalue weighted by atomic mass is 16.5. The summed E-state index contributed by atoms with van der Waals surface area (Å²) < 4.78 is 5.42. The minimum atomic E-state index is -0.634. The largest absolute Gasteiger partial charge is 0.478 e. The molecule has 0 atom stereocenters. The van der Waals surface area contributed by atoms with Gasteiger partial charge >= 0.3 is 0 Å². The van der Waals surface area contributed by atoms with Crippen LogP contribution in [0.25, 0.3) is 0 Å². The first-order valence-corrected chi connectivity index (χ1v) is 7.99. The quantitative estimate of drug-likeness (QED) is 0.844. The van der Waals surface area contributed by atoms with Gasteiger partial charge < -0.3 is 15.2 Å². The Balaban J connectivity index is 1.93. The van der Waals surface area contributed by atoms with Crippen molar-refractivity contribution >= 4 is 5.95 Å². The van der Waals surface area contributed by atoms with Crippen LogP contribution in [0.5, 0.6) is 5.88 Å². The van der Waals surface area contributed by atoms with E-state index in [-0.39, 0.29) is 0 Å². The maximum absolute atomic E-state index is 10.6. The van der Waals surface area contributed by atoms with Gasteiger partial charge in [-0.05, 0) is 45.4 Å². The smallest absolute Gasteiger partial charge is 0.226 e. The van der Waals surface area contributed by atoms with E-state index in [2.05, 4.69) is 22.2 Å². The highest BCUT2D eigenvalue weighted by Gasteiger charge is 2.32. The number of hydrogen-bond acceptors (Lipinski definition) is 5. The van der Waals surface area contributed by atoms with Crippen molar-refractivity contribution in [2.75, 3.05) is 18.5 Å². The summed E-state index contributed by atoms with van der Waals surface area (Å²) in [7, 11) is 0. The summed E-state index contributed by atoms with van der Waals surface area (Å²) in [6, 6.07) is 1.82. The molecule has 0 spiro atoms. The van der Waals surface area contributed by atoms with E-state index in [1.807, 2.05) is 19.9 Å². The van der Waals surface area contributed by atoms with Crippen LogP contribution < -0.4 is 10.1 Å². The molecule has 0 unspecified atom stereocenters. The summed E-state index contributed by atoms with van der Waals surface area (Å²) in [4.78, 5) is 8.66. The van der Waals surface area contributed by atoms with Crippen LogP contribution in [0.3, 0.4) is 0 Å². The highest BCUT2D eigenvalue weighted by molar-refractivity contribution is 5.31. The highest BCUT2D eigenvalue weighted by Crippen LogP contribution is 2.33. The fourth-order valence-corrected chi connectivity index (χ4v) is 2.88. The van der Waals surface area contributed by atoms with Crippen molar-refractivity contribution in [3.8, 4) is 5.88 Å². The molecule has 1 fully saturated rings. The molecule has 0 saturated heterocycles. The molecule has 0 aliphatic heterocycles. The first kappa shape index (κ1) is 16.0. The third kappa shape index (κ3) is 4.56. The van der Waals surface area contributed by atoms with Crippen molar-refractivity contribution in [2.24, 2.45) is 5.92 Å². The Hall–Kier alpha value is -1.36. The predicted molar refractivity (Wildman–Crippen MR) is 83.6 cm³/mol. The molecule has 2 N–H and O–H groups in total. The number of hydrogen-bond donors (Lipinski definition) is 2. The Morgan fingerprint density at radius 1 is 1.33 bits per heavy atom. The lowest BCUT2D eigenvalue weighted by Gasteiger charge is -2.35. The third-order valence-electron chi connectivity index (χ3n) is 4.31. The molecule has 5 heteroatoms. The predicted octanol–water partition coefficient (Wildman–Crippen LogP) is 2.93. The van der Waals surface area contributed by atoms with E-state index in [0.29, 0.717) is 25.0 Å². The Morgan fingerprint density at radius 3 is 2.67 bits per heavy atom. The van der Waals surface area contributed by atoms with Crippen molar-refractivity contribution in [3.05, 3.63) is 11.8 Å². The normalized spacial score (nSPS) is 25.6. The van der Waals surface area contributed by atoms with Crippen LogP contribution in [0.4, 0.5) is 5.95 Å². The molecule has 1 aliphatic rings. The average Bonchev–Trinajstić information content (AvgIpc) is 2.46. The van der Waals surface area contributed by atoms with Gasteiger partial charge in [0.05, 0.1) is 12.2 Å². The molecular formula is C16H27N3O2. The summed E-state index contributed by atoms with van der Waals surface area (Å²) in [6.45, 7) is 7.15. The van der Waals surface area contributed by atoms with E-state index in [1.54, 1.807) is 0 Å². The number of rotatable bonds is 6. The van der Waals surface area contributed by atoms with E-state index in [0.717, 1.165) is 37.3 Å². The Kier molecular flexibility index (Phi) is 5.39. The number of aliphatic hydroxyl groups is 1. The standard InChI is InChI=1S/C16H27N3O2/c1-4-13-6-8-16(20,9-7-13)11-17-15-18-12(3)10-14(19-15)21-5-2/h10,13,20H,4-9,11H2,1-3H3,(H,17,18,19). The molecular weight excluding hydrogens is 266 g/mol. The Bertz CT molecular complexity index is 457. The van der Waals surface area contributed by atoms with Crippen LogP contribution in [0.1, 0.15) is 51.6 Å². The van der Waals surface area contributed by atoms with Gasteiger partial charge in [-0.3, -0.25) is 0 Å². The van der Waals surface area contributed by atoms with Crippen molar-refractivity contribution in [2.45, 2.75) is 58.5 Å². The average molecular weight is 293 g/mol. The molecule has 1 heterocycles. The van der Waals surface area contributed by atoms with Crippen LogP contribution >= 0.6 is 0 Å². The van der Waals surface area contributed by atoms with Gasteiger partial charge in [0.15, 0.2) is 0 Å². The first-order chi connectivity index (χ1) is 10.0. The third-order valence-corrected chi connectivity index (χ3v) is 4.31. The van der Waals surface area contributed by atoms with Gasteiger partial charge in [-0.25, -0.2) is 4.98 Å². The maximum Gasteiger partial charge on any atom is 0.226 e. The minimum absolute atomic E-state index is 0.498. The maximum atomic E-state index is 10.6. The molecule has 21 heavy (non-hydrogen) atoms. The number of ether oxygens (including phenoxy) is 1. The first-order valence-electron chi connectivity index (χ1n) is 7.99. The van der Waals surface area contributed by atoms with E-state index in [1.165, 1.54) is 6.42 Å². The van der Waals surface area contributed by atoms with Gasteiger partial charge in [0.2, 0.25) is 11.8 Å². The van der Waals surface area contributed by atoms with E-state index >= 15 is 0 Å². The lowest BCUT2D eigenvalue weighted by molar-refractivity contribution is 0.00214. The van der Waals surface area contributed by atoms with Crippen LogP contribution in [0.15, 0.2) is 6.07 Å². The molecule has 1 aromatic heterocycles. The second kappa shape index (κ2) is 7.07. The molecule has 1 aromatic rings. The number of nitrogens with one attached hydrogen (secondary N) is 1. The zero-order chi connectivity index (χ0) is 15.3. The molecule has 0 bridgehead atoms. The lowest BCUT2D eigenvalue weighted by Crippen LogP contribution is -2.40. The Morgan fingerprint density at radius 2 is 2.05 bits per heavy atom. The topological polar surface area (TPSA) is 67.3 Å². The number of aromatic nitrogens is 2. The van der Waals surface area contributed by atoms with E-state index < -0.39 is 5.60 Å². The van der Waals surface area contributed by atoms with Gasteiger partial charge in [0, 0.05) is 18.3 Å². The number of nitrogens with zero attached hydrogens (tertiary/aromatic N) is 2. The molecule has 5 nitrogen and oxygen atoms in total. The molecule has 1 saturated carbocycles. The van der Waals surface area contributed by atoms with Crippen molar-refractivity contribution < 1.29 is 9.84 Å². The molecule has 118 valence electrons. The Labute approximate surface area is 127 Å². The number of anilines is 1. The SMILES string of the molecule is CCOc1cc(C)nc(NCC2(O)CCC(CC)CC2)n1. The molecule has 0 aromatic carbocycles. The van der Waals surface area contributed by atoms with Gasteiger partial charge in [-0.2, -0.15) is 4.98 Å². The fourth-order valence-electron chi connectivity index (χ4n) is 2.88. The van der Waals surface area contributed by atoms with Gasteiger partial charge in [-0.15, -0.1) is 0 Å². The molecule has 1 aliphatic carbocycles. The minimum Gasteiger partial charge on any atom is -0.478 e. The van der Waals surface area contributed by atoms with Crippen LogP contribution in [-0.4, -0.2) is 33.8 Å². The summed E-state index contributed by atoms with van der Waals surface area (Å²) in [5.41, 5.74) is 0.225. The summed E-state index contributed by atoms with van der Waals surface area (Å²) in [5.74, 6) is 1.88. The monoisotopic (exact) mass is 293 g/mol. The second-order valence-electron chi connectivity index (χ2n) is 6.03. The van der Waals surface area contributed by atoms with Gasteiger partial charge in [0.25, 0.3) is 0 Å². The van der Waals surface area contributed by atoms with Crippen molar-refractivity contribution in [1.29, 1.82) is 0 Å². The van der Waals surface area contributed by atoms with Crippen molar-refractivity contribution in [1.82, 2.24) is 9.97 Å².